The molecule has 1 fully saturated rings. The van der Waals surface area contributed by atoms with Crippen LogP contribution in [-0.2, 0) is 9.84 Å². The van der Waals surface area contributed by atoms with Gasteiger partial charge in [-0.2, -0.15) is 0 Å². The lowest BCUT2D eigenvalue weighted by atomic mass is 10.00. The SMILES string of the molecule is CCCS(=O)(=O)c1ccc(NN2C(C)CCCC2C)cc1. The molecule has 1 N–H and O–H groups in total. The van der Waals surface area contributed by atoms with E-state index in [1.807, 2.05) is 19.1 Å². The van der Waals surface area contributed by atoms with Crippen LogP contribution in [0.5, 0.6) is 0 Å². The van der Waals surface area contributed by atoms with Crippen molar-refractivity contribution in [3.63, 3.8) is 0 Å². The first kappa shape index (κ1) is 16.3. The van der Waals surface area contributed by atoms with Crippen LogP contribution in [0.4, 0.5) is 5.69 Å². The van der Waals surface area contributed by atoms with Gasteiger partial charge < -0.3 is 5.43 Å². The molecule has 0 spiro atoms. The predicted octanol–water partition coefficient (Wildman–Crippen LogP) is 3.46. The molecule has 1 aromatic rings. The summed E-state index contributed by atoms with van der Waals surface area (Å²) in [4.78, 5) is 0.412. The Balaban J connectivity index is 2.09. The van der Waals surface area contributed by atoms with Gasteiger partial charge in [0.05, 0.1) is 10.6 Å². The highest BCUT2D eigenvalue weighted by molar-refractivity contribution is 7.91. The molecule has 21 heavy (non-hydrogen) atoms. The monoisotopic (exact) mass is 310 g/mol. The third kappa shape index (κ3) is 3.98. The number of hydrogen-bond acceptors (Lipinski definition) is 4. The van der Waals surface area contributed by atoms with E-state index in [1.54, 1.807) is 12.1 Å². The summed E-state index contributed by atoms with van der Waals surface area (Å²) >= 11 is 0. The second-order valence-corrected chi connectivity index (χ2v) is 8.10. The van der Waals surface area contributed by atoms with Crippen molar-refractivity contribution in [1.29, 1.82) is 0 Å². The summed E-state index contributed by atoms with van der Waals surface area (Å²) in [5.41, 5.74) is 4.38. The highest BCUT2D eigenvalue weighted by Crippen LogP contribution is 2.24. The van der Waals surface area contributed by atoms with Gasteiger partial charge in [0.1, 0.15) is 0 Å². The van der Waals surface area contributed by atoms with Crippen LogP contribution in [-0.4, -0.2) is 31.3 Å². The van der Waals surface area contributed by atoms with Gasteiger partial charge >= 0.3 is 0 Å². The van der Waals surface area contributed by atoms with Gasteiger partial charge in [0.2, 0.25) is 0 Å². The summed E-state index contributed by atoms with van der Waals surface area (Å²) in [6, 6.07) is 8.11. The Labute approximate surface area is 128 Å². The Hall–Kier alpha value is -1.07. The van der Waals surface area contributed by atoms with Crippen molar-refractivity contribution in [2.75, 3.05) is 11.2 Å². The third-order valence-corrected chi connectivity index (χ3v) is 6.07. The normalized spacial score (nSPS) is 24.0. The molecule has 1 aliphatic heterocycles. The molecule has 0 amide bonds. The van der Waals surface area contributed by atoms with Gasteiger partial charge in [0, 0.05) is 17.8 Å². The largest absolute Gasteiger partial charge is 0.318 e. The highest BCUT2D eigenvalue weighted by atomic mass is 32.2. The quantitative estimate of drug-likeness (QED) is 0.905. The predicted molar refractivity (Wildman–Crippen MR) is 87.0 cm³/mol. The molecule has 1 aromatic carbocycles. The van der Waals surface area contributed by atoms with Gasteiger partial charge in [-0.25, -0.2) is 13.4 Å². The van der Waals surface area contributed by atoms with E-state index in [4.69, 9.17) is 0 Å². The van der Waals surface area contributed by atoms with Crippen molar-refractivity contribution in [2.45, 2.75) is 63.4 Å². The number of sulfone groups is 1. The van der Waals surface area contributed by atoms with Crippen molar-refractivity contribution in [3.05, 3.63) is 24.3 Å². The summed E-state index contributed by atoms with van der Waals surface area (Å²) in [7, 11) is -3.12. The molecule has 5 heteroatoms. The number of piperidine rings is 1. The summed E-state index contributed by atoms with van der Waals surface area (Å²) in [5.74, 6) is 0.208. The molecule has 0 aromatic heterocycles. The van der Waals surface area contributed by atoms with Crippen molar-refractivity contribution in [1.82, 2.24) is 5.01 Å². The van der Waals surface area contributed by atoms with E-state index in [1.165, 1.54) is 19.3 Å². The molecule has 2 unspecified atom stereocenters. The number of anilines is 1. The molecule has 2 atom stereocenters. The number of hydrogen-bond donors (Lipinski definition) is 1. The topological polar surface area (TPSA) is 49.4 Å². The molecule has 118 valence electrons. The third-order valence-electron chi connectivity index (χ3n) is 4.14. The fourth-order valence-electron chi connectivity index (χ4n) is 2.91. The Morgan fingerprint density at radius 1 is 1.14 bits per heavy atom. The van der Waals surface area contributed by atoms with Crippen LogP contribution in [0.25, 0.3) is 0 Å². The van der Waals surface area contributed by atoms with Gasteiger partial charge in [0.25, 0.3) is 0 Å². The smallest absolute Gasteiger partial charge is 0.178 e. The van der Waals surface area contributed by atoms with Crippen molar-refractivity contribution in [2.24, 2.45) is 0 Å². The molecule has 1 heterocycles. The molecular weight excluding hydrogens is 284 g/mol. The second-order valence-electron chi connectivity index (χ2n) is 5.99. The maximum absolute atomic E-state index is 12.0. The Bertz CT molecular complexity index is 544. The van der Waals surface area contributed by atoms with Crippen molar-refractivity contribution >= 4 is 15.5 Å². The van der Waals surface area contributed by atoms with Crippen LogP contribution < -0.4 is 5.43 Å². The first-order valence-corrected chi connectivity index (χ1v) is 9.47. The van der Waals surface area contributed by atoms with Gasteiger partial charge in [-0.1, -0.05) is 13.3 Å². The van der Waals surface area contributed by atoms with E-state index in [-0.39, 0.29) is 5.75 Å². The maximum Gasteiger partial charge on any atom is 0.178 e. The summed E-state index contributed by atoms with van der Waals surface area (Å²) < 4.78 is 24.0. The average molecular weight is 310 g/mol. The molecule has 1 aliphatic rings. The number of nitrogens with one attached hydrogen (secondary N) is 1. The van der Waals surface area contributed by atoms with Crippen molar-refractivity contribution < 1.29 is 8.42 Å². The molecule has 1 saturated heterocycles. The van der Waals surface area contributed by atoms with Crippen LogP contribution >= 0.6 is 0 Å². The number of benzene rings is 1. The average Bonchev–Trinajstić information content (AvgIpc) is 2.43. The van der Waals surface area contributed by atoms with E-state index >= 15 is 0 Å². The molecule has 0 bridgehead atoms. The standard InChI is InChI=1S/C16H26N2O2S/c1-4-12-21(19,20)16-10-8-15(9-11-16)17-18-13(2)6-5-7-14(18)3/h8-11,13-14,17H,4-7,12H2,1-3H3. The molecule has 2 rings (SSSR count). The number of hydrazine groups is 1. The minimum Gasteiger partial charge on any atom is -0.318 e. The van der Waals surface area contributed by atoms with E-state index < -0.39 is 9.84 Å². The lowest BCUT2D eigenvalue weighted by molar-refractivity contribution is 0.136. The molecule has 0 saturated carbocycles. The van der Waals surface area contributed by atoms with Crippen molar-refractivity contribution in [3.8, 4) is 0 Å². The molecular formula is C16H26N2O2S. The lowest BCUT2D eigenvalue weighted by Crippen LogP contribution is -2.47. The first-order valence-electron chi connectivity index (χ1n) is 7.82. The van der Waals surface area contributed by atoms with Crippen LogP contribution in [0, 0.1) is 0 Å². The fraction of sp³-hybridized carbons (Fsp3) is 0.625. The summed E-state index contributed by atoms with van der Waals surface area (Å²) in [6.07, 6.45) is 4.31. The number of rotatable bonds is 5. The minimum absolute atomic E-state index is 0.208. The van der Waals surface area contributed by atoms with Gasteiger partial charge in [-0.15, -0.1) is 0 Å². The Morgan fingerprint density at radius 3 is 2.24 bits per heavy atom. The highest BCUT2D eigenvalue weighted by Gasteiger charge is 2.24. The van der Waals surface area contributed by atoms with Gasteiger partial charge in [-0.05, 0) is 57.4 Å². The molecule has 0 radical (unpaired) electrons. The fourth-order valence-corrected chi connectivity index (χ4v) is 4.24. The van der Waals surface area contributed by atoms with Crippen LogP contribution in [0.2, 0.25) is 0 Å². The molecule has 0 aliphatic carbocycles. The Kier molecular flexibility index (Phi) is 5.27. The van der Waals surface area contributed by atoms with Gasteiger partial charge in [-0.3, -0.25) is 0 Å². The number of nitrogens with zero attached hydrogens (tertiary/aromatic N) is 1. The van der Waals surface area contributed by atoms with E-state index in [9.17, 15) is 8.42 Å². The van der Waals surface area contributed by atoms with Crippen LogP contribution in [0.3, 0.4) is 0 Å². The van der Waals surface area contributed by atoms with Crippen LogP contribution in [0.15, 0.2) is 29.2 Å². The van der Waals surface area contributed by atoms with Crippen LogP contribution in [0.1, 0.15) is 46.5 Å². The molecule has 4 nitrogen and oxygen atoms in total. The summed E-state index contributed by atoms with van der Waals surface area (Å²) in [6.45, 7) is 6.33. The zero-order chi connectivity index (χ0) is 15.5. The first-order chi connectivity index (χ1) is 9.94. The zero-order valence-electron chi connectivity index (χ0n) is 13.2. The Morgan fingerprint density at radius 2 is 1.71 bits per heavy atom. The van der Waals surface area contributed by atoms with Gasteiger partial charge in [0.15, 0.2) is 9.84 Å². The lowest BCUT2D eigenvalue weighted by Gasteiger charge is -2.39. The maximum atomic E-state index is 12.0. The second kappa shape index (κ2) is 6.79. The zero-order valence-corrected chi connectivity index (χ0v) is 14.0. The van der Waals surface area contributed by atoms with E-state index in [2.05, 4.69) is 24.3 Å². The summed E-state index contributed by atoms with van der Waals surface area (Å²) in [5, 5.41) is 2.28. The minimum atomic E-state index is -3.12. The van der Waals surface area contributed by atoms with E-state index in [0.717, 1.165) is 5.69 Å². The van der Waals surface area contributed by atoms with E-state index in [0.29, 0.717) is 23.4 Å².